The van der Waals surface area contributed by atoms with E-state index in [2.05, 4.69) is 29.2 Å². The Morgan fingerprint density at radius 2 is 1.94 bits per heavy atom. The molecule has 0 unspecified atom stereocenters. The standard InChI is InChI=1S/C27H26ClN3O2S2/c1-2-33-27(32)30-14-13-20-22(17-30)35-26-24(20)25(19-10-6-7-11-21(19)28)29-16-23(34)31(26)15-12-18-8-4-3-5-9-18/h3-11H,2,12-17H2,1H3. The van der Waals surface area contributed by atoms with Crippen molar-refractivity contribution >= 4 is 57.0 Å². The monoisotopic (exact) mass is 523 g/mol. The number of benzene rings is 2. The van der Waals surface area contributed by atoms with Crippen LogP contribution in [0, 0.1) is 0 Å². The van der Waals surface area contributed by atoms with E-state index in [1.54, 1.807) is 16.2 Å². The molecule has 0 radical (unpaired) electrons. The molecule has 1 aromatic heterocycles. The van der Waals surface area contributed by atoms with Crippen molar-refractivity contribution in [2.75, 3.05) is 31.1 Å². The number of nitrogens with zero attached hydrogens (tertiary/aromatic N) is 3. The van der Waals surface area contributed by atoms with Crippen LogP contribution in [-0.4, -0.2) is 47.9 Å². The molecule has 5 rings (SSSR count). The normalized spacial score (nSPS) is 15.3. The van der Waals surface area contributed by atoms with Crippen molar-refractivity contribution in [3.05, 3.63) is 86.8 Å². The smallest absolute Gasteiger partial charge is 0.410 e. The second-order valence-corrected chi connectivity index (χ2v) is 10.4. The van der Waals surface area contributed by atoms with E-state index < -0.39 is 0 Å². The van der Waals surface area contributed by atoms with Gasteiger partial charge in [0, 0.05) is 34.1 Å². The third kappa shape index (κ3) is 4.85. The van der Waals surface area contributed by atoms with Gasteiger partial charge >= 0.3 is 6.09 Å². The predicted molar refractivity (Wildman–Crippen MR) is 148 cm³/mol. The lowest BCUT2D eigenvalue weighted by Gasteiger charge is -2.26. The summed E-state index contributed by atoms with van der Waals surface area (Å²) in [6.45, 7) is 4.55. The molecule has 3 aromatic rings. The lowest BCUT2D eigenvalue weighted by molar-refractivity contribution is 0.103. The van der Waals surface area contributed by atoms with E-state index in [-0.39, 0.29) is 6.09 Å². The average molecular weight is 524 g/mol. The molecule has 1 amide bonds. The zero-order valence-corrected chi connectivity index (χ0v) is 21.9. The van der Waals surface area contributed by atoms with Gasteiger partial charge in [-0.05, 0) is 37.0 Å². The number of fused-ring (bicyclic) bond motifs is 3. The molecular weight excluding hydrogens is 498 g/mol. The Hall–Kier alpha value is -2.74. The molecule has 5 nitrogen and oxygen atoms in total. The topological polar surface area (TPSA) is 45.1 Å². The Morgan fingerprint density at radius 1 is 1.17 bits per heavy atom. The summed E-state index contributed by atoms with van der Waals surface area (Å²) in [4.78, 5) is 23.4. The van der Waals surface area contributed by atoms with Gasteiger partial charge in [-0.25, -0.2) is 4.79 Å². The SMILES string of the molecule is CCOC(=O)N1CCc2c(sc3c2C(c2ccccc2Cl)=NCC(=S)N3CCc2ccccc2)C1. The number of thiocarbonyl (C=S) groups is 1. The van der Waals surface area contributed by atoms with Crippen LogP contribution in [-0.2, 0) is 24.1 Å². The van der Waals surface area contributed by atoms with Crippen LogP contribution >= 0.6 is 35.2 Å². The van der Waals surface area contributed by atoms with Crippen molar-refractivity contribution in [3.8, 4) is 0 Å². The van der Waals surface area contributed by atoms with Crippen molar-refractivity contribution in [1.82, 2.24) is 4.90 Å². The van der Waals surface area contributed by atoms with Gasteiger partial charge in [0.05, 0.1) is 25.4 Å². The third-order valence-electron chi connectivity index (χ3n) is 6.32. The molecule has 0 spiro atoms. The Bertz CT molecular complexity index is 1290. The first-order chi connectivity index (χ1) is 17.1. The van der Waals surface area contributed by atoms with Crippen LogP contribution in [0.1, 0.15) is 34.1 Å². The molecule has 0 bridgehead atoms. The molecule has 2 aliphatic rings. The number of halogens is 1. The summed E-state index contributed by atoms with van der Waals surface area (Å²) in [7, 11) is 0. The number of amides is 1. The lowest BCUT2D eigenvalue weighted by Crippen LogP contribution is -2.36. The highest BCUT2D eigenvalue weighted by Gasteiger charge is 2.34. The van der Waals surface area contributed by atoms with Gasteiger partial charge in [-0.2, -0.15) is 0 Å². The minimum Gasteiger partial charge on any atom is -0.450 e. The van der Waals surface area contributed by atoms with Crippen LogP contribution in [0.5, 0.6) is 0 Å². The highest BCUT2D eigenvalue weighted by molar-refractivity contribution is 7.80. The van der Waals surface area contributed by atoms with E-state index in [1.165, 1.54) is 11.1 Å². The molecule has 180 valence electrons. The zero-order valence-electron chi connectivity index (χ0n) is 19.5. The second-order valence-electron chi connectivity index (χ2n) is 8.48. The highest BCUT2D eigenvalue weighted by atomic mass is 35.5. The number of carbonyl (C=O) groups excluding carboxylic acids is 1. The van der Waals surface area contributed by atoms with E-state index in [9.17, 15) is 4.79 Å². The zero-order chi connectivity index (χ0) is 24.4. The molecule has 0 saturated carbocycles. The van der Waals surface area contributed by atoms with Crippen LogP contribution in [0.4, 0.5) is 9.80 Å². The maximum absolute atomic E-state index is 12.4. The number of carbonyl (C=O) groups is 1. The summed E-state index contributed by atoms with van der Waals surface area (Å²) >= 11 is 14.2. The first-order valence-electron chi connectivity index (χ1n) is 11.8. The number of ether oxygens (including phenoxy) is 1. The molecule has 2 aromatic carbocycles. The van der Waals surface area contributed by atoms with Crippen LogP contribution in [0.15, 0.2) is 59.6 Å². The van der Waals surface area contributed by atoms with E-state index >= 15 is 0 Å². The van der Waals surface area contributed by atoms with E-state index in [0.717, 1.165) is 51.1 Å². The van der Waals surface area contributed by atoms with Gasteiger partial charge in [0.25, 0.3) is 0 Å². The summed E-state index contributed by atoms with van der Waals surface area (Å²) in [6.07, 6.45) is 1.35. The summed E-state index contributed by atoms with van der Waals surface area (Å²) in [5.74, 6) is 0. The van der Waals surface area contributed by atoms with E-state index in [0.29, 0.717) is 31.3 Å². The van der Waals surface area contributed by atoms with Gasteiger partial charge in [0.15, 0.2) is 0 Å². The minimum atomic E-state index is -0.266. The maximum atomic E-state index is 12.4. The first-order valence-corrected chi connectivity index (χ1v) is 13.4. The Labute approximate surface area is 220 Å². The fourth-order valence-corrected chi connectivity index (χ4v) is 6.55. The van der Waals surface area contributed by atoms with Crippen LogP contribution < -0.4 is 4.90 Å². The molecule has 0 atom stereocenters. The van der Waals surface area contributed by atoms with Crippen LogP contribution in [0.2, 0.25) is 5.02 Å². The molecule has 8 heteroatoms. The lowest BCUT2D eigenvalue weighted by atomic mass is 9.95. The van der Waals surface area contributed by atoms with Gasteiger partial charge < -0.3 is 14.5 Å². The largest absolute Gasteiger partial charge is 0.450 e. The molecule has 0 aliphatic carbocycles. The highest BCUT2D eigenvalue weighted by Crippen LogP contribution is 2.43. The Morgan fingerprint density at radius 3 is 2.71 bits per heavy atom. The summed E-state index contributed by atoms with van der Waals surface area (Å²) in [5.41, 5.74) is 5.41. The summed E-state index contributed by atoms with van der Waals surface area (Å²) in [5, 5.41) is 1.77. The van der Waals surface area contributed by atoms with Crippen molar-refractivity contribution in [1.29, 1.82) is 0 Å². The number of hydrogen-bond donors (Lipinski definition) is 0. The van der Waals surface area contributed by atoms with Crippen LogP contribution in [0.25, 0.3) is 0 Å². The van der Waals surface area contributed by atoms with Gasteiger partial charge in [-0.3, -0.25) is 4.99 Å². The molecular formula is C27H26ClN3O2S2. The quantitative estimate of drug-likeness (QED) is 0.377. The van der Waals surface area contributed by atoms with Crippen molar-refractivity contribution in [2.45, 2.75) is 26.3 Å². The van der Waals surface area contributed by atoms with Gasteiger partial charge in [0.1, 0.15) is 9.99 Å². The Kier molecular flexibility index (Phi) is 7.18. The van der Waals surface area contributed by atoms with Gasteiger partial charge in [-0.15, -0.1) is 11.3 Å². The fourth-order valence-electron chi connectivity index (χ4n) is 4.60. The van der Waals surface area contributed by atoms with Crippen molar-refractivity contribution < 1.29 is 9.53 Å². The van der Waals surface area contributed by atoms with E-state index in [1.807, 2.05) is 37.3 Å². The van der Waals surface area contributed by atoms with Gasteiger partial charge in [-0.1, -0.05) is 72.3 Å². The maximum Gasteiger partial charge on any atom is 0.410 e. The first kappa shape index (κ1) is 24.0. The average Bonchev–Trinajstić information content (AvgIpc) is 3.18. The summed E-state index contributed by atoms with van der Waals surface area (Å²) < 4.78 is 5.27. The number of hydrogen-bond acceptors (Lipinski definition) is 5. The molecule has 2 aliphatic heterocycles. The molecule has 0 saturated heterocycles. The van der Waals surface area contributed by atoms with Crippen molar-refractivity contribution in [2.24, 2.45) is 4.99 Å². The van der Waals surface area contributed by atoms with Crippen molar-refractivity contribution in [3.63, 3.8) is 0 Å². The second kappa shape index (κ2) is 10.5. The fraction of sp³-hybridized carbons (Fsp3) is 0.296. The Balaban J connectivity index is 1.57. The van der Waals surface area contributed by atoms with E-state index in [4.69, 9.17) is 33.5 Å². The summed E-state index contributed by atoms with van der Waals surface area (Å²) in [6, 6.07) is 18.3. The number of aliphatic imine (C=N–C) groups is 1. The number of rotatable bonds is 5. The third-order valence-corrected chi connectivity index (χ3v) is 8.23. The van der Waals surface area contributed by atoms with Crippen LogP contribution in [0.3, 0.4) is 0 Å². The number of anilines is 1. The van der Waals surface area contributed by atoms with Gasteiger partial charge in [0.2, 0.25) is 0 Å². The molecule has 3 heterocycles. The number of thiophene rings is 1. The molecule has 35 heavy (non-hydrogen) atoms. The molecule has 0 N–H and O–H groups in total. The molecule has 0 fully saturated rings. The predicted octanol–water partition coefficient (Wildman–Crippen LogP) is 6.14. The minimum absolute atomic E-state index is 0.266.